The number of aromatic nitrogens is 2. The minimum absolute atomic E-state index is 0.0809. The summed E-state index contributed by atoms with van der Waals surface area (Å²) < 4.78 is 0. The van der Waals surface area contributed by atoms with E-state index in [4.69, 9.17) is 5.73 Å². The van der Waals surface area contributed by atoms with E-state index in [1.807, 2.05) is 31.2 Å². The molecule has 2 aromatic rings. The number of hydrogen-bond donors (Lipinski definition) is 1. The number of nitrogens with two attached hydrogens (primary N) is 1. The minimum Gasteiger partial charge on any atom is -0.330 e. The standard InChI is InChI=1S/C15H18N4O/c1-12-5-2-3-6-14(12)19(10-4-8-16)15(20)13-7-9-17-18-11-13/h2-3,5-7,9,11H,4,8,10,16H2,1H3. The molecule has 0 spiro atoms. The van der Waals surface area contributed by atoms with Crippen LogP contribution in [0.15, 0.2) is 42.7 Å². The molecule has 0 unspecified atom stereocenters. The van der Waals surface area contributed by atoms with Crippen molar-refractivity contribution in [3.05, 3.63) is 53.9 Å². The largest absolute Gasteiger partial charge is 0.330 e. The lowest BCUT2D eigenvalue weighted by molar-refractivity contribution is 0.0986. The lowest BCUT2D eigenvalue weighted by atomic mass is 10.1. The van der Waals surface area contributed by atoms with Crippen LogP contribution >= 0.6 is 0 Å². The number of aryl methyl sites for hydroxylation is 1. The first-order valence-corrected chi connectivity index (χ1v) is 6.58. The molecule has 0 bridgehead atoms. The first-order valence-electron chi connectivity index (χ1n) is 6.58. The predicted molar refractivity (Wildman–Crippen MR) is 78.6 cm³/mol. The second kappa shape index (κ2) is 6.77. The molecule has 0 aliphatic carbocycles. The van der Waals surface area contributed by atoms with Crippen LogP contribution in [0.3, 0.4) is 0 Å². The number of benzene rings is 1. The van der Waals surface area contributed by atoms with Gasteiger partial charge in [0, 0.05) is 12.2 Å². The highest BCUT2D eigenvalue weighted by atomic mass is 16.2. The quantitative estimate of drug-likeness (QED) is 0.899. The second-order valence-corrected chi connectivity index (χ2v) is 4.52. The number of nitrogens with zero attached hydrogens (tertiary/aromatic N) is 3. The van der Waals surface area contributed by atoms with Crippen molar-refractivity contribution in [2.45, 2.75) is 13.3 Å². The Hall–Kier alpha value is -2.27. The van der Waals surface area contributed by atoms with Crippen LogP contribution in [0.1, 0.15) is 22.3 Å². The molecule has 0 aliphatic heterocycles. The molecule has 1 amide bonds. The van der Waals surface area contributed by atoms with E-state index in [1.165, 1.54) is 12.4 Å². The van der Waals surface area contributed by atoms with Crippen molar-refractivity contribution in [3.8, 4) is 0 Å². The zero-order chi connectivity index (χ0) is 14.4. The number of carbonyl (C=O) groups is 1. The molecule has 0 saturated heterocycles. The fraction of sp³-hybridized carbons (Fsp3) is 0.267. The zero-order valence-electron chi connectivity index (χ0n) is 11.5. The van der Waals surface area contributed by atoms with Crippen molar-refractivity contribution in [2.75, 3.05) is 18.0 Å². The smallest absolute Gasteiger partial charge is 0.259 e. The Labute approximate surface area is 118 Å². The van der Waals surface area contributed by atoms with Crippen LogP contribution in [0, 0.1) is 6.92 Å². The lowest BCUT2D eigenvalue weighted by Gasteiger charge is -2.24. The first kappa shape index (κ1) is 14.1. The van der Waals surface area contributed by atoms with Gasteiger partial charge in [-0.2, -0.15) is 10.2 Å². The van der Waals surface area contributed by atoms with Gasteiger partial charge >= 0.3 is 0 Å². The Morgan fingerprint density at radius 1 is 1.25 bits per heavy atom. The van der Waals surface area contributed by atoms with Gasteiger partial charge in [0.1, 0.15) is 0 Å². The summed E-state index contributed by atoms with van der Waals surface area (Å²) in [5, 5.41) is 7.46. The van der Waals surface area contributed by atoms with Crippen molar-refractivity contribution in [1.82, 2.24) is 10.2 Å². The molecular formula is C15H18N4O. The number of rotatable bonds is 5. The second-order valence-electron chi connectivity index (χ2n) is 4.52. The maximum atomic E-state index is 12.6. The van der Waals surface area contributed by atoms with Crippen LogP contribution in [0.2, 0.25) is 0 Å². The molecule has 0 fully saturated rings. The Kier molecular flexibility index (Phi) is 4.79. The van der Waals surface area contributed by atoms with Crippen LogP contribution in [0.4, 0.5) is 5.69 Å². The fourth-order valence-electron chi connectivity index (χ4n) is 2.02. The van der Waals surface area contributed by atoms with Gasteiger partial charge in [-0.3, -0.25) is 4.79 Å². The van der Waals surface area contributed by atoms with E-state index in [2.05, 4.69) is 10.2 Å². The van der Waals surface area contributed by atoms with E-state index < -0.39 is 0 Å². The monoisotopic (exact) mass is 270 g/mol. The summed E-state index contributed by atoms with van der Waals surface area (Å²) in [6, 6.07) is 9.48. The van der Waals surface area contributed by atoms with Crippen molar-refractivity contribution < 1.29 is 4.79 Å². The highest BCUT2D eigenvalue weighted by molar-refractivity contribution is 6.06. The first-order chi connectivity index (χ1) is 9.74. The SMILES string of the molecule is Cc1ccccc1N(CCCN)C(=O)c1ccnnc1. The summed E-state index contributed by atoms with van der Waals surface area (Å²) in [7, 11) is 0. The predicted octanol–water partition coefficient (Wildman–Crippen LogP) is 1.78. The summed E-state index contributed by atoms with van der Waals surface area (Å²) in [6.45, 7) is 3.12. The Balaban J connectivity index is 2.33. The van der Waals surface area contributed by atoms with Crippen LogP contribution in [-0.2, 0) is 0 Å². The number of anilines is 1. The van der Waals surface area contributed by atoms with E-state index in [9.17, 15) is 4.79 Å². The molecule has 2 rings (SSSR count). The van der Waals surface area contributed by atoms with Gasteiger partial charge in [0.25, 0.3) is 5.91 Å². The van der Waals surface area contributed by atoms with Gasteiger partial charge in [0.05, 0.1) is 18.0 Å². The van der Waals surface area contributed by atoms with Crippen molar-refractivity contribution in [2.24, 2.45) is 5.73 Å². The van der Waals surface area contributed by atoms with Crippen molar-refractivity contribution in [1.29, 1.82) is 0 Å². The number of hydrogen-bond acceptors (Lipinski definition) is 4. The van der Waals surface area contributed by atoms with Crippen LogP contribution in [0.25, 0.3) is 0 Å². The van der Waals surface area contributed by atoms with Crippen LogP contribution in [0.5, 0.6) is 0 Å². The maximum Gasteiger partial charge on any atom is 0.259 e. The summed E-state index contributed by atoms with van der Waals surface area (Å²) in [6.07, 6.45) is 3.75. The molecule has 0 aliphatic rings. The third-order valence-electron chi connectivity index (χ3n) is 3.07. The molecule has 104 valence electrons. The van der Waals surface area contributed by atoms with Gasteiger partial charge in [-0.1, -0.05) is 18.2 Å². The van der Waals surface area contributed by atoms with Crippen molar-refractivity contribution in [3.63, 3.8) is 0 Å². The van der Waals surface area contributed by atoms with Crippen LogP contribution < -0.4 is 10.6 Å². The third-order valence-corrected chi connectivity index (χ3v) is 3.07. The van der Waals surface area contributed by atoms with Crippen LogP contribution in [-0.4, -0.2) is 29.2 Å². The minimum atomic E-state index is -0.0809. The van der Waals surface area contributed by atoms with Gasteiger partial charge in [-0.05, 0) is 37.6 Å². The van der Waals surface area contributed by atoms with Gasteiger partial charge in [0.2, 0.25) is 0 Å². The van der Waals surface area contributed by atoms with Gasteiger partial charge < -0.3 is 10.6 Å². The summed E-state index contributed by atoms with van der Waals surface area (Å²) in [4.78, 5) is 14.4. The highest BCUT2D eigenvalue weighted by Gasteiger charge is 2.18. The zero-order valence-corrected chi connectivity index (χ0v) is 11.5. The van der Waals surface area contributed by atoms with E-state index in [0.717, 1.165) is 17.7 Å². The molecule has 0 radical (unpaired) electrons. The molecule has 20 heavy (non-hydrogen) atoms. The molecule has 1 aromatic heterocycles. The summed E-state index contributed by atoms with van der Waals surface area (Å²) in [5.41, 5.74) is 8.06. The average Bonchev–Trinajstić information content (AvgIpc) is 2.50. The van der Waals surface area contributed by atoms with E-state index in [0.29, 0.717) is 18.7 Å². The van der Waals surface area contributed by atoms with Gasteiger partial charge in [-0.15, -0.1) is 0 Å². The molecule has 2 N–H and O–H groups in total. The van der Waals surface area contributed by atoms with E-state index in [-0.39, 0.29) is 5.91 Å². The highest BCUT2D eigenvalue weighted by Crippen LogP contribution is 2.21. The number of para-hydroxylation sites is 1. The molecule has 1 heterocycles. The number of carbonyl (C=O) groups excluding carboxylic acids is 1. The molecule has 5 nitrogen and oxygen atoms in total. The Bertz CT molecular complexity index is 571. The topological polar surface area (TPSA) is 72.1 Å². The van der Waals surface area contributed by atoms with E-state index >= 15 is 0 Å². The van der Waals surface area contributed by atoms with Gasteiger partial charge in [-0.25, -0.2) is 0 Å². The molecule has 0 atom stereocenters. The Morgan fingerprint density at radius 3 is 2.70 bits per heavy atom. The molecular weight excluding hydrogens is 252 g/mol. The fourth-order valence-corrected chi connectivity index (χ4v) is 2.02. The summed E-state index contributed by atoms with van der Waals surface area (Å²) in [5.74, 6) is -0.0809. The molecule has 1 aromatic carbocycles. The maximum absolute atomic E-state index is 12.6. The van der Waals surface area contributed by atoms with Gasteiger partial charge in [0.15, 0.2) is 0 Å². The lowest BCUT2D eigenvalue weighted by Crippen LogP contribution is -2.33. The Morgan fingerprint density at radius 2 is 2.05 bits per heavy atom. The normalized spacial score (nSPS) is 10.3. The van der Waals surface area contributed by atoms with Crippen molar-refractivity contribution >= 4 is 11.6 Å². The third kappa shape index (κ3) is 3.19. The number of amides is 1. The average molecular weight is 270 g/mol. The molecule has 0 saturated carbocycles. The van der Waals surface area contributed by atoms with E-state index in [1.54, 1.807) is 11.0 Å². The molecule has 5 heteroatoms. The summed E-state index contributed by atoms with van der Waals surface area (Å²) >= 11 is 0.